The number of aryl methyl sites for hydroxylation is 2. The summed E-state index contributed by atoms with van der Waals surface area (Å²) in [4.78, 5) is 36.2. The van der Waals surface area contributed by atoms with Crippen molar-refractivity contribution in [1.82, 2.24) is 4.90 Å². The summed E-state index contributed by atoms with van der Waals surface area (Å²) in [5, 5.41) is 20.4. The van der Waals surface area contributed by atoms with E-state index in [1.54, 1.807) is 26.8 Å². The van der Waals surface area contributed by atoms with Gasteiger partial charge in [-0.2, -0.15) is 0 Å². The lowest BCUT2D eigenvalue weighted by Gasteiger charge is -2.31. The van der Waals surface area contributed by atoms with Gasteiger partial charge in [0.25, 0.3) is 11.6 Å². The summed E-state index contributed by atoms with van der Waals surface area (Å²) >= 11 is 0. The SMILES string of the molecule is Cc1cc(C)c([N+](=O)[O-])c(C)c1C(=O)N1CCC[C@H](C(=O)O)C1. The van der Waals surface area contributed by atoms with Crippen molar-refractivity contribution in [3.63, 3.8) is 0 Å². The van der Waals surface area contributed by atoms with Crippen LogP contribution in [0.2, 0.25) is 0 Å². The van der Waals surface area contributed by atoms with Gasteiger partial charge in [0, 0.05) is 24.2 Å². The number of benzene rings is 1. The minimum atomic E-state index is -0.911. The number of likely N-dealkylation sites (tertiary alicyclic amines) is 1. The molecule has 1 amide bonds. The molecular formula is C16H20N2O5. The molecule has 124 valence electrons. The summed E-state index contributed by atoms with van der Waals surface area (Å²) in [5.74, 6) is -1.81. The van der Waals surface area contributed by atoms with Crippen molar-refractivity contribution >= 4 is 17.6 Å². The first kappa shape index (κ1) is 16.9. The van der Waals surface area contributed by atoms with Crippen molar-refractivity contribution in [2.75, 3.05) is 13.1 Å². The molecule has 0 bridgehead atoms. The summed E-state index contributed by atoms with van der Waals surface area (Å²) in [7, 11) is 0. The van der Waals surface area contributed by atoms with Gasteiger partial charge in [0.05, 0.1) is 16.4 Å². The number of carbonyl (C=O) groups is 2. The number of hydrogen-bond acceptors (Lipinski definition) is 4. The zero-order valence-electron chi connectivity index (χ0n) is 13.5. The van der Waals surface area contributed by atoms with Gasteiger partial charge in [-0.3, -0.25) is 19.7 Å². The van der Waals surface area contributed by atoms with Crippen LogP contribution in [0.25, 0.3) is 0 Å². The molecule has 0 aliphatic carbocycles. The molecule has 1 fully saturated rings. The van der Waals surface area contributed by atoms with Gasteiger partial charge in [0.15, 0.2) is 0 Å². The minimum absolute atomic E-state index is 0.0502. The lowest BCUT2D eigenvalue weighted by Crippen LogP contribution is -2.42. The van der Waals surface area contributed by atoms with Crippen LogP contribution in [0.15, 0.2) is 6.07 Å². The third kappa shape index (κ3) is 3.18. The number of nitro groups is 1. The van der Waals surface area contributed by atoms with E-state index < -0.39 is 16.8 Å². The molecule has 7 nitrogen and oxygen atoms in total. The Kier molecular flexibility index (Phi) is 4.68. The largest absolute Gasteiger partial charge is 0.481 e. The highest BCUT2D eigenvalue weighted by molar-refractivity contribution is 5.98. The normalized spacial score (nSPS) is 17.9. The van der Waals surface area contributed by atoms with Gasteiger partial charge < -0.3 is 10.0 Å². The molecule has 1 saturated heterocycles. The topological polar surface area (TPSA) is 101 Å². The highest BCUT2D eigenvalue weighted by Gasteiger charge is 2.31. The predicted octanol–water partition coefficient (Wildman–Crippen LogP) is 2.46. The van der Waals surface area contributed by atoms with E-state index in [1.807, 2.05) is 0 Å². The van der Waals surface area contributed by atoms with Crippen molar-refractivity contribution in [3.8, 4) is 0 Å². The molecule has 0 saturated carbocycles. The molecule has 1 aliphatic heterocycles. The van der Waals surface area contributed by atoms with E-state index in [4.69, 9.17) is 5.11 Å². The van der Waals surface area contributed by atoms with Crippen molar-refractivity contribution in [3.05, 3.63) is 38.4 Å². The molecule has 1 atom stereocenters. The van der Waals surface area contributed by atoms with Crippen LogP contribution in [0.5, 0.6) is 0 Å². The molecule has 1 aromatic carbocycles. The molecular weight excluding hydrogens is 300 g/mol. The average molecular weight is 320 g/mol. The summed E-state index contributed by atoms with van der Waals surface area (Å²) in [5.41, 5.74) is 1.80. The van der Waals surface area contributed by atoms with E-state index in [0.717, 1.165) is 0 Å². The molecule has 7 heteroatoms. The van der Waals surface area contributed by atoms with Gasteiger partial charge in [0.1, 0.15) is 0 Å². The monoisotopic (exact) mass is 320 g/mol. The zero-order chi connectivity index (χ0) is 17.3. The molecule has 0 aromatic heterocycles. The number of carboxylic acid groups (broad SMARTS) is 1. The minimum Gasteiger partial charge on any atom is -0.481 e. The standard InChI is InChI=1S/C16H20N2O5/c1-9-7-10(2)14(18(22)23)11(3)13(9)15(19)17-6-4-5-12(8-17)16(20)21/h7,12H,4-6,8H2,1-3H3,(H,20,21)/t12-/m0/s1. The summed E-state index contributed by atoms with van der Waals surface area (Å²) in [6, 6.07) is 1.64. The number of hydrogen-bond donors (Lipinski definition) is 1. The van der Waals surface area contributed by atoms with E-state index >= 15 is 0 Å². The van der Waals surface area contributed by atoms with Crippen molar-refractivity contribution in [2.24, 2.45) is 5.92 Å². The van der Waals surface area contributed by atoms with Crippen LogP contribution in [0.3, 0.4) is 0 Å². The number of carboxylic acids is 1. The molecule has 1 N–H and O–H groups in total. The first-order chi connectivity index (χ1) is 10.7. The lowest BCUT2D eigenvalue weighted by molar-refractivity contribution is -0.386. The quantitative estimate of drug-likeness (QED) is 0.681. The van der Waals surface area contributed by atoms with Crippen LogP contribution in [-0.4, -0.2) is 39.9 Å². The van der Waals surface area contributed by atoms with Crippen LogP contribution in [0.1, 0.15) is 39.9 Å². The molecule has 1 heterocycles. The highest BCUT2D eigenvalue weighted by atomic mass is 16.6. The summed E-state index contributed by atoms with van der Waals surface area (Å²) < 4.78 is 0. The Morgan fingerprint density at radius 2 is 1.96 bits per heavy atom. The number of nitrogens with zero attached hydrogens (tertiary/aromatic N) is 2. The number of rotatable bonds is 3. The maximum Gasteiger partial charge on any atom is 0.308 e. The third-order valence-corrected chi connectivity index (χ3v) is 4.39. The molecule has 1 aliphatic rings. The molecule has 1 aromatic rings. The van der Waals surface area contributed by atoms with E-state index in [9.17, 15) is 19.7 Å². The molecule has 0 unspecified atom stereocenters. The van der Waals surface area contributed by atoms with E-state index in [1.165, 1.54) is 4.90 Å². The number of aliphatic carboxylic acids is 1. The lowest BCUT2D eigenvalue weighted by atomic mass is 9.93. The number of nitro benzene ring substituents is 1. The van der Waals surface area contributed by atoms with Gasteiger partial charge in [-0.25, -0.2) is 0 Å². The molecule has 0 radical (unpaired) electrons. The highest BCUT2D eigenvalue weighted by Crippen LogP contribution is 2.30. The smallest absolute Gasteiger partial charge is 0.308 e. The molecule has 23 heavy (non-hydrogen) atoms. The zero-order valence-corrected chi connectivity index (χ0v) is 13.5. The number of carbonyl (C=O) groups excluding carboxylic acids is 1. The van der Waals surface area contributed by atoms with Crippen LogP contribution in [0.4, 0.5) is 5.69 Å². The second-order valence-corrected chi connectivity index (χ2v) is 6.04. The van der Waals surface area contributed by atoms with Gasteiger partial charge in [-0.05, 0) is 45.2 Å². The van der Waals surface area contributed by atoms with Crippen LogP contribution in [0, 0.1) is 36.8 Å². The van der Waals surface area contributed by atoms with Crippen molar-refractivity contribution in [2.45, 2.75) is 33.6 Å². The van der Waals surface area contributed by atoms with Crippen molar-refractivity contribution in [1.29, 1.82) is 0 Å². The predicted molar refractivity (Wildman–Crippen MR) is 83.6 cm³/mol. The van der Waals surface area contributed by atoms with E-state index in [-0.39, 0.29) is 18.1 Å². The Morgan fingerprint density at radius 3 is 2.52 bits per heavy atom. The fraction of sp³-hybridized carbons (Fsp3) is 0.500. The fourth-order valence-electron chi connectivity index (χ4n) is 3.31. The van der Waals surface area contributed by atoms with Crippen molar-refractivity contribution < 1.29 is 19.6 Å². The van der Waals surface area contributed by atoms with Gasteiger partial charge in [-0.15, -0.1) is 0 Å². The Labute approximate surface area is 134 Å². The second-order valence-electron chi connectivity index (χ2n) is 6.04. The average Bonchev–Trinajstić information content (AvgIpc) is 2.46. The summed E-state index contributed by atoms with van der Waals surface area (Å²) in [6.07, 6.45) is 1.17. The van der Waals surface area contributed by atoms with Crippen LogP contribution in [-0.2, 0) is 4.79 Å². The maximum atomic E-state index is 12.8. The fourth-order valence-corrected chi connectivity index (χ4v) is 3.31. The Balaban J connectivity index is 2.41. The van der Waals surface area contributed by atoms with Crippen LogP contribution < -0.4 is 0 Å². The second kappa shape index (κ2) is 6.36. The first-order valence-corrected chi connectivity index (χ1v) is 7.51. The van der Waals surface area contributed by atoms with Crippen LogP contribution >= 0.6 is 0 Å². The molecule has 2 rings (SSSR count). The Hall–Kier alpha value is -2.44. The number of amides is 1. The Morgan fingerprint density at radius 1 is 1.30 bits per heavy atom. The number of piperidine rings is 1. The third-order valence-electron chi connectivity index (χ3n) is 4.39. The van der Waals surface area contributed by atoms with Gasteiger partial charge in [-0.1, -0.05) is 0 Å². The summed E-state index contributed by atoms with van der Waals surface area (Å²) in [6.45, 7) is 5.59. The van der Waals surface area contributed by atoms with Gasteiger partial charge >= 0.3 is 5.97 Å². The first-order valence-electron chi connectivity index (χ1n) is 7.51. The van der Waals surface area contributed by atoms with E-state index in [2.05, 4.69) is 0 Å². The maximum absolute atomic E-state index is 12.8. The Bertz CT molecular complexity index is 684. The molecule has 0 spiro atoms. The van der Waals surface area contributed by atoms with Gasteiger partial charge in [0.2, 0.25) is 0 Å². The van der Waals surface area contributed by atoms with E-state index in [0.29, 0.717) is 41.6 Å².